The summed E-state index contributed by atoms with van der Waals surface area (Å²) in [4.78, 5) is 16.0. The topological polar surface area (TPSA) is 48.0 Å². The number of hydrogen-bond donors (Lipinski definition) is 0. The number of nitrogens with zero attached hydrogens (tertiary/aromatic N) is 5. The molecule has 60 heavy (non-hydrogen) atoms. The Bertz CT molecular complexity index is 3570. The van der Waals surface area contributed by atoms with Crippen molar-refractivity contribution in [2.24, 2.45) is 0 Å². The van der Waals surface area contributed by atoms with Gasteiger partial charge in [-0.2, -0.15) is 0 Å². The normalized spacial score (nSPS) is 11.7. The largest absolute Gasteiger partial charge is 0.292 e. The van der Waals surface area contributed by atoms with Crippen molar-refractivity contribution < 1.29 is 0 Å². The van der Waals surface area contributed by atoms with Gasteiger partial charge in [0.2, 0.25) is 0 Å². The molecule has 0 bridgehead atoms. The van der Waals surface area contributed by atoms with Gasteiger partial charge in [-0.25, -0.2) is 15.0 Å². The van der Waals surface area contributed by atoms with E-state index in [9.17, 15) is 0 Å². The molecule has 12 rings (SSSR count). The minimum absolute atomic E-state index is 0.702. The number of hydrogen-bond acceptors (Lipinski definition) is 3. The molecule has 0 atom stereocenters. The minimum atomic E-state index is 0.702. The molecule has 0 aliphatic carbocycles. The number of rotatable bonds is 6. The van der Waals surface area contributed by atoms with E-state index in [-0.39, 0.29) is 0 Å². The fraction of sp³-hybridized carbons (Fsp3) is 0. The second-order valence-corrected chi connectivity index (χ2v) is 15.2. The molecule has 0 unspecified atom stereocenters. The first-order valence-electron chi connectivity index (χ1n) is 20.3. The first kappa shape index (κ1) is 33.9. The Morgan fingerprint density at radius 3 is 1.55 bits per heavy atom. The lowest BCUT2D eigenvalue weighted by Gasteiger charge is -2.13. The van der Waals surface area contributed by atoms with Crippen LogP contribution in [0.5, 0.6) is 0 Å². The van der Waals surface area contributed by atoms with E-state index in [1.807, 2.05) is 24.3 Å². The molecule has 0 aliphatic heterocycles. The molecule has 0 radical (unpaired) electrons. The summed E-state index contributed by atoms with van der Waals surface area (Å²) in [6, 6.07) is 74.8. The Morgan fingerprint density at radius 1 is 0.317 bits per heavy atom. The monoisotopic (exact) mass is 765 g/mol. The van der Waals surface area contributed by atoms with Gasteiger partial charge in [0, 0.05) is 43.9 Å². The molecule has 9 aromatic carbocycles. The molecule has 12 aromatic rings. The van der Waals surface area contributed by atoms with Crippen molar-refractivity contribution in [3.63, 3.8) is 0 Å². The maximum absolute atomic E-state index is 5.45. The highest BCUT2D eigenvalue weighted by Crippen LogP contribution is 2.41. The van der Waals surface area contributed by atoms with Crippen molar-refractivity contribution >= 4 is 49.0 Å². The average molecular weight is 766 g/mol. The minimum Gasteiger partial charge on any atom is -0.292 e. The number of fused-ring (bicyclic) bond motifs is 9. The second-order valence-electron chi connectivity index (χ2n) is 15.2. The third kappa shape index (κ3) is 5.37. The van der Waals surface area contributed by atoms with Gasteiger partial charge in [0.15, 0.2) is 5.82 Å². The van der Waals surface area contributed by atoms with Gasteiger partial charge in [0.05, 0.1) is 16.7 Å². The van der Waals surface area contributed by atoms with Crippen LogP contribution in [0.4, 0.5) is 0 Å². The summed E-state index contributed by atoms with van der Waals surface area (Å²) in [5.41, 5.74) is 11.5. The van der Waals surface area contributed by atoms with Crippen LogP contribution in [0.1, 0.15) is 0 Å². The number of aromatic nitrogens is 5. The van der Waals surface area contributed by atoms with Crippen molar-refractivity contribution in [2.75, 3.05) is 0 Å². The SMILES string of the molecule is c1ccc(-c2nc(-c3ccccc3)n3c(-c4cccc(-c5ccc(-c6nc7c8ccccc8c8ccccc8c7n6-c6ccccc6)cc5)c4)c4ccccc4c3n2)cc1. The van der Waals surface area contributed by atoms with Crippen LogP contribution < -0.4 is 0 Å². The van der Waals surface area contributed by atoms with Crippen molar-refractivity contribution in [2.45, 2.75) is 0 Å². The summed E-state index contributed by atoms with van der Waals surface area (Å²) in [5, 5.41) is 6.98. The first-order valence-corrected chi connectivity index (χ1v) is 20.3. The van der Waals surface area contributed by atoms with Crippen molar-refractivity contribution in [3.8, 4) is 62.2 Å². The van der Waals surface area contributed by atoms with Crippen LogP contribution >= 0.6 is 0 Å². The van der Waals surface area contributed by atoms with E-state index < -0.39 is 0 Å². The van der Waals surface area contributed by atoms with Crippen LogP contribution in [0.25, 0.3) is 111 Å². The number of imidazole rings is 1. The van der Waals surface area contributed by atoms with E-state index in [2.05, 4.69) is 197 Å². The number of para-hydroxylation sites is 1. The van der Waals surface area contributed by atoms with Gasteiger partial charge in [-0.3, -0.25) is 8.97 Å². The molecule has 280 valence electrons. The zero-order chi connectivity index (χ0) is 39.6. The average Bonchev–Trinajstić information content (AvgIpc) is 3.90. The van der Waals surface area contributed by atoms with Crippen molar-refractivity contribution in [1.29, 1.82) is 0 Å². The van der Waals surface area contributed by atoms with E-state index >= 15 is 0 Å². The predicted molar refractivity (Wildman–Crippen MR) is 247 cm³/mol. The third-order valence-corrected chi connectivity index (χ3v) is 11.7. The Kier molecular flexibility index (Phi) is 7.78. The van der Waals surface area contributed by atoms with Gasteiger partial charge in [-0.1, -0.05) is 194 Å². The van der Waals surface area contributed by atoms with E-state index in [0.717, 1.165) is 89.3 Å². The fourth-order valence-electron chi connectivity index (χ4n) is 8.99. The fourth-order valence-corrected chi connectivity index (χ4v) is 8.99. The van der Waals surface area contributed by atoms with Crippen LogP contribution in [0.15, 0.2) is 212 Å². The maximum atomic E-state index is 5.45. The molecular formula is C55H35N5. The highest BCUT2D eigenvalue weighted by molar-refractivity contribution is 6.24. The Labute approximate surface area is 346 Å². The zero-order valence-corrected chi connectivity index (χ0v) is 32.4. The number of benzene rings is 9. The molecule has 0 spiro atoms. The smallest absolute Gasteiger partial charge is 0.163 e. The molecule has 3 heterocycles. The molecule has 0 N–H and O–H groups in total. The lowest BCUT2D eigenvalue weighted by Crippen LogP contribution is -2.03. The molecule has 5 nitrogen and oxygen atoms in total. The van der Waals surface area contributed by atoms with E-state index in [1.165, 1.54) is 16.2 Å². The third-order valence-electron chi connectivity index (χ3n) is 11.7. The zero-order valence-electron chi connectivity index (χ0n) is 32.4. The maximum Gasteiger partial charge on any atom is 0.163 e. The van der Waals surface area contributed by atoms with Gasteiger partial charge >= 0.3 is 0 Å². The lowest BCUT2D eigenvalue weighted by molar-refractivity contribution is 1.05. The Balaban J connectivity index is 1.02. The van der Waals surface area contributed by atoms with Crippen LogP contribution in [0.2, 0.25) is 0 Å². The molecule has 0 saturated carbocycles. The first-order chi connectivity index (χ1) is 29.8. The highest BCUT2D eigenvalue weighted by atomic mass is 15.1. The van der Waals surface area contributed by atoms with Gasteiger partial charge in [-0.15, -0.1) is 0 Å². The molecule has 5 heteroatoms. The predicted octanol–water partition coefficient (Wildman–Crippen LogP) is 13.9. The summed E-state index contributed by atoms with van der Waals surface area (Å²) < 4.78 is 4.58. The van der Waals surface area contributed by atoms with Gasteiger partial charge in [0.25, 0.3) is 0 Å². The van der Waals surface area contributed by atoms with E-state index in [4.69, 9.17) is 15.0 Å². The summed E-state index contributed by atoms with van der Waals surface area (Å²) in [6.45, 7) is 0. The van der Waals surface area contributed by atoms with E-state index in [1.54, 1.807) is 0 Å². The molecular weight excluding hydrogens is 731 g/mol. The molecule has 0 saturated heterocycles. The van der Waals surface area contributed by atoms with Crippen LogP contribution in [0, 0.1) is 0 Å². The van der Waals surface area contributed by atoms with Crippen LogP contribution in [0.3, 0.4) is 0 Å². The molecule has 0 aliphatic rings. The summed E-state index contributed by atoms with van der Waals surface area (Å²) in [7, 11) is 0. The highest BCUT2D eigenvalue weighted by Gasteiger charge is 2.22. The molecule has 3 aromatic heterocycles. The van der Waals surface area contributed by atoms with Crippen molar-refractivity contribution in [1.82, 2.24) is 23.9 Å². The lowest BCUT2D eigenvalue weighted by atomic mass is 9.99. The second kappa shape index (κ2) is 13.8. The Morgan fingerprint density at radius 2 is 0.833 bits per heavy atom. The van der Waals surface area contributed by atoms with Crippen molar-refractivity contribution in [3.05, 3.63) is 212 Å². The quantitative estimate of drug-likeness (QED) is 0.158. The molecule has 0 fully saturated rings. The summed E-state index contributed by atoms with van der Waals surface area (Å²) >= 11 is 0. The standard InChI is InChI=1S/C55H35N5/c1-4-17-37(18-5-1)52-57-54(38-19-6-2-7-20-38)60-50(47-29-14-15-30-48(47)55(60)58-52)41-22-16-21-40(35-41)36-31-33-39(34-32-36)53-56-49-45-27-12-10-25-43(45)44-26-11-13-28-46(44)51(49)59(53)42-23-8-3-9-24-42/h1-35H. The van der Waals surface area contributed by atoms with Crippen LogP contribution in [-0.2, 0) is 0 Å². The summed E-state index contributed by atoms with van der Waals surface area (Å²) in [5.74, 6) is 2.46. The van der Waals surface area contributed by atoms with E-state index in [0.29, 0.717) is 5.82 Å². The van der Waals surface area contributed by atoms with Gasteiger partial charge in [0.1, 0.15) is 17.3 Å². The van der Waals surface area contributed by atoms with Gasteiger partial charge < -0.3 is 0 Å². The molecule has 0 amide bonds. The summed E-state index contributed by atoms with van der Waals surface area (Å²) in [6.07, 6.45) is 0. The Hall–Kier alpha value is -8.15. The van der Waals surface area contributed by atoms with Crippen LogP contribution in [-0.4, -0.2) is 23.9 Å². The van der Waals surface area contributed by atoms with Gasteiger partial charge in [-0.05, 0) is 45.7 Å².